The van der Waals surface area contributed by atoms with Gasteiger partial charge in [0.05, 0.1) is 10.7 Å². The van der Waals surface area contributed by atoms with Gasteiger partial charge >= 0.3 is 0 Å². The van der Waals surface area contributed by atoms with Crippen LogP contribution in [0.2, 0.25) is 5.02 Å². The van der Waals surface area contributed by atoms with Crippen molar-refractivity contribution in [2.75, 3.05) is 11.3 Å². The van der Waals surface area contributed by atoms with Crippen LogP contribution in [0.15, 0.2) is 39.9 Å². The zero-order valence-electron chi connectivity index (χ0n) is 10.9. The Labute approximate surface area is 127 Å². The van der Waals surface area contributed by atoms with E-state index in [0.717, 1.165) is 12.1 Å². The first-order chi connectivity index (χ1) is 9.53. The Hall–Kier alpha value is -1.08. The Morgan fingerprint density at radius 3 is 2.75 bits per heavy atom. The highest BCUT2D eigenvalue weighted by Gasteiger charge is 2.18. The van der Waals surface area contributed by atoms with Gasteiger partial charge in [0.25, 0.3) is 10.0 Å². The van der Waals surface area contributed by atoms with Crippen molar-refractivity contribution in [2.45, 2.75) is 18.4 Å². The lowest BCUT2D eigenvalue weighted by molar-refractivity contribution is 0.601. The molecule has 108 valence electrons. The zero-order valence-corrected chi connectivity index (χ0v) is 13.3. The van der Waals surface area contributed by atoms with Gasteiger partial charge in [0.1, 0.15) is 4.90 Å². The maximum absolute atomic E-state index is 12.3. The van der Waals surface area contributed by atoms with Gasteiger partial charge in [-0.2, -0.15) is 11.3 Å². The van der Waals surface area contributed by atoms with Gasteiger partial charge in [0.2, 0.25) is 0 Å². The van der Waals surface area contributed by atoms with Crippen molar-refractivity contribution in [3.05, 3.63) is 45.6 Å². The summed E-state index contributed by atoms with van der Waals surface area (Å²) in [6, 6.07) is 6.73. The average Bonchev–Trinajstić information content (AvgIpc) is 2.89. The highest BCUT2D eigenvalue weighted by molar-refractivity contribution is 7.92. The van der Waals surface area contributed by atoms with Crippen molar-refractivity contribution < 1.29 is 8.42 Å². The molecule has 0 aliphatic carbocycles. The molecule has 0 aliphatic heterocycles. The van der Waals surface area contributed by atoms with E-state index in [1.54, 1.807) is 29.0 Å². The van der Waals surface area contributed by atoms with Crippen LogP contribution in [0.1, 0.15) is 12.5 Å². The highest BCUT2D eigenvalue weighted by Crippen LogP contribution is 2.25. The third kappa shape index (κ3) is 3.73. The van der Waals surface area contributed by atoms with Crippen molar-refractivity contribution in [1.29, 1.82) is 0 Å². The maximum Gasteiger partial charge on any atom is 0.263 e. The number of anilines is 1. The highest BCUT2D eigenvalue weighted by atomic mass is 35.5. The molecule has 20 heavy (non-hydrogen) atoms. The number of rotatable bonds is 6. The summed E-state index contributed by atoms with van der Waals surface area (Å²) in [5.41, 5.74) is 1.42. The lowest BCUT2D eigenvalue weighted by atomic mass is 10.2. The molecule has 0 amide bonds. The van der Waals surface area contributed by atoms with E-state index in [-0.39, 0.29) is 9.92 Å². The van der Waals surface area contributed by atoms with E-state index in [1.165, 1.54) is 11.3 Å². The van der Waals surface area contributed by atoms with Gasteiger partial charge in [-0.1, -0.05) is 24.6 Å². The van der Waals surface area contributed by atoms with E-state index in [2.05, 4.69) is 10.0 Å². The molecule has 0 fully saturated rings. The Bertz CT molecular complexity index is 670. The van der Waals surface area contributed by atoms with Crippen LogP contribution >= 0.6 is 22.9 Å². The molecule has 2 N–H and O–H groups in total. The molecular weight excluding hydrogens is 316 g/mol. The molecular formula is C13H15ClN2O2S2. The molecule has 0 aliphatic rings. The van der Waals surface area contributed by atoms with Crippen LogP contribution in [-0.4, -0.2) is 15.0 Å². The van der Waals surface area contributed by atoms with E-state index >= 15 is 0 Å². The predicted octanol–water partition coefficient (Wildman–Crippen LogP) is 3.31. The number of hydrogen-bond donors (Lipinski definition) is 2. The number of halogens is 1. The molecule has 1 heterocycles. The summed E-state index contributed by atoms with van der Waals surface area (Å²) >= 11 is 7.44. The molecule has 0 bridgehead atoms. The van der Waals surface area contributed by atoms with Gasteiger partial charge in [-0.15, -0.1) is 0 Å². The van der Waals surface area contributed by atoms with Crippen molar-refractivity contribution in [1.82, 2.24) is 5.32 Å². The van der Waals surface area contributed by atoms with Crippen LogP contribution in [0.3, 0.4) is 0 Å². The minimum absolute atomic E-state index is 0.0979. The largest absolute Gasteiger partial charge is 0.313 e. The fourth-order valence-corrected chi connectivity index (χ4v) is 3.93. The van der Waals surface area contributed by atoms with Crippen molar-refractivity contribution >= 4 is 38.6 Å². The van der Waals surface area contributed by atoms with E-state index in [1.807, 2.05) is 13.0 Å². The predicted molar refractivity (Wildman–Crippen MR) is 84.0 cm³/mol. The van der Waals surface area contributed by atoms with E-state index in [0.29, 0.717) is 12.2 Å². The van der Waals surface area contributed by atoms with Crippen LogP contribution in [0.5, 0.6) is 0 Å². The fraction of sp³-hybridized carbons (Fsp3) is 0.231. The van der Waals surface area contributed by atoms with Gasteiger partial charge < -0.3 is 5.32 Å². The SMILES string of the molecule is CCNCc1ccc(Cl)c(S(=O)(=O)Nc2ccsc2)c1. The molecule has 0 saturated heterocycles. The summed E-state index contributed by atoms with van der Waals surface area (Å²) < 4.78 is 27.2. The lowest BCUT2D eigenvalue weighted by Gasteiger charge is -2.10. The van der Waals surface area contributed by atoms with Crippen LogP contribution < -0.4 is 10.0 Å². The van der Waals surface area contributed by atoms with Crippen molar-refractivity contribution in [2.24, 2.45) is 0 Å². The van der Waals surface area contributed by atoms with Crippen molar-refractivity contribution in [3.63, 3.8) is 0 Å². The second-order valence-corrected chi connectivity index (χ2v) is 7.00. The molecule has 1 aromatic heterocycles. The third-order valence-corrected chi connectivity index (χ3v) is 5.18. The monoisotopic (exact) mass is 330 g/mol. The standard InChI is InChI=1S/C13H15ClN2O2S2/c1-2-15-8-10-3-4-12(14)13(7-10)20(17,18)16-11-5-6-19-9-11/h3-7,9,15-16H,2,8H2,1H3. The average molecular weight is 331 g/mol. The first-order valence-corrected chi connectivity index (χ1v) is 8.87. The van der Waals surface area contributed by atoms with Crippen LogP contribution in [0.25, 0.3) is 0 Å². The van der Waals surface area contributed by atoms with Crippen LogP contribution in [-0.2, 0) is 16.6 Å². The van der Waals surface area contributed by atoms with Crippen LogP contribution in [0.4, 0.5) is 5.69 Å². The molecule has 2 aromatic rings. The molecule has 0 unspecified atom stereocenters. The summed E-state index contributed by atoms with van der Waals surface area (Å²) in [6.45, 7) is 3.41. The minimum atomic E-state index is -3.66. The van der Waals surface area contributed by atoms with Gasteiger partial charge in [0, 0.05) is 11.9 Å². The molecule has 0 saturated carbocycles. The number of benzene rings is 1. The van der Waals surface area contributed by atoms with Gasteiger partial charge in [-0.05, 0) is 35.7 Å². The summed E-state index contributed by atoms with van der Waals surface area (Å²) in [5, 5.41) is 6.90. The summed E-state index contributed by atoms with van der Waals surface area (Å²) in [4.78, 5) is 0.0979. The Kier molecular flexibility index (Phi) is 5.04. The smallest absolute Gasteiger partial charge is 0.263 e. The molecule has 2 rings (SSSR count). The first kappa shape index (κ1) is 15.3. The summed E-state index contributed by atoms with van der Waals surface area (Å²) in [6.07, 6.45) is 0. The van der Waals surface area contributed by atoms with Gasteiger partial charge in [0.15, 0.2) is 0 Å². The third-order valence-electron chi connectivity index (χ3n) is 2.64. The van der Waals surface area contributed by atoms with Gasteiger partial charge in [-0.25, -0.2) is 8.42 Å². The number of nitrogens with one attached hydrogen (secondary N) is 2. The summed E-state index contributed by atoms with van der Waals surface area (Å²) in [7, 11) is -3.66. The van der Waals surface area contributed by atoms with Gasteiger partial charge in [-0.3, -0.25) is 4.72 Å². The van der Waals surface area contributed by atoms with E-state index < -0.39 is 10.0 Å². The van der Waals surface area contributed by atoms with Crippen LogP contribution in [0, 0.1) is 0 Å². The quantitative estimate of drug-likeness (QED) is 0.854. The Balaban J connectivity index is 2.30. The zero-order chi connectivity index (χ0) is 14.6. The molecule has 0 radical (unpaired) electrons. The maximum atomic E-state index is 12.3. The second kappa shape index (κ2) is 6.58. The number of hydrogen-bond acceptors (Lipinski definition) is 4. The molecule has 0 atom stereocenters. The van der Waals surface area contributed by atoms with E-state index in [9.17, 15) is 8.42 Å². The van der Waals surface area contributed by atoms with Crippen molar-refractivity contribution in [3.8, 4) is 0 Å². The minimum Gasteiger partial charge on any atom is -0.313 e. The molecule has 4 nitrogen and oxygen atoms in total. The molecule has 7 heteroatoms. The fourth-order valence-electron chi connectivity index (χ4n) is 1.67. The molecule has 0 spiro atoms. The Morgan fingerprint density at radius 1 is 1.30 bits per heavy atom. The molecule has 1 aromatic carbocycles. The number of sulfonamides is 1. The normalized spacial score (nSPS) is 11.5. The first-order valence-electron chi connectivity index (χ1n) is 6.07. The number of thiophene rings is 1. The van der Waals surface area contributed by atoms with E-state index in [4.69, 9.17) is 11.6 Å². The Morgan fingerprint density at radius 2 is 2.10 bits per heavy atom. The summed E-state index contributed by atoms with van der Waals surface area (Å²) in [5.74, 6) is 0. The lowest BCUT2D eigenvalue weighted by Crippen LogP contribution is -2.15. The second-order valence-electron chi connectivity index (χ2n) is 4.16. The topological polar surface area (TPSA) is 58.2 Å².